The highest BCUT2D eigenvalue weighted by atomic mass is 16.5. The van der Waals surface area contributed by atoms with Gasteiger partial charge in [-0.1, -0.05) is 32.0 Å². The highest BCUT2D eigenvalue weighted by Gasteiger charge is 2.54. The summed E-state index contributed by atoms with van der Waals surface area (Å²) in [5.41, 5.74) is 0.568. The van der Waals surface area contributed by atoms with E-state index >= 15 is 0 Å². The topological polar surface area (TPSA) is 41.6 Å². The molecule has 1 amide bonds. The van der Waals surface area contributed by atoms with Crippen molar-refractivity contribution in [3.8, 4) is 5.75 Å². The zero-order valence-corrected chi connectivity index (χ0v) is 13.2. The van der Waals surface area contributed by atoms with Crippen molar-refractivity contribution in [2.45, 2.75) is 51.4 Å². The van der Waals surface area contributed by atoms with E-state index in [1.807, 2.05) is 36.1 Å². The fourth-order valence-corrected chi connectivity index (χ4v) is 3.24. The lowest BCUT2D eigenvalue weighted by Crippen LogP contribution is -2.43. The summed E-state index contributed by atoms with van der Waals surface area (Å²) in [5.74, 6) is 1.64. The number of hydrogen-bond acceptors (Lipinski definition) is 3. The van der Waals surface area contributed by atoms with E-state index in [1.54, 1.807) is 7.11 Å². The number of hydrogen-bond donors (Lipinski definition) is 1. The van der Waals surface area contributed by atoms with Crippen molar-refractivity contribution in [3.05, 3.63) is 29.8 Å². The number of nitrogens with zero attached hydrogens (tertiary/aromatic N) is 1. The molecule has 3 rings (SSSR count). The van der Waals surface area contributed by atoms with Crippen LogP contribution in [0.5, 0.6) is 5.75 Å². The second kappa shape index (κ2) is 5.02. The van der Waals surface area contributed by atoms with E-state index in [2.05, 4.69) is 19.2 Å². The summed E-state index contributed by atoms with van der Waals surface area (Å²) >= 11 is 0. The molecule has 114 valence electrons. The fourth-order valence-electron chi connectivity index (χ4n) is 3.24. The molecule has 0 spiro atoms. The maximum absolute atomic E-state index is 12.9. The lowest BCUT2D eigenvalue weighted by atomic mass is 9.99. The molecule has 1 aliphatic carbocycles. The first-order valence-electron chi connectivity index (χ1n) is 7.75. The Bertz CT molecular complexity index is 559. The SMILES string of the molecule is CCC1(C)NC(c2ccccc2OC)N(C2CC2C)C1=O. The number of rotatable bonds is 4. The Balaban J connectivity index is 2.01. The van der Waals surface area contributed by atoms with E-state index in [4.69, 9.17) is 4.74 Å². The van der Waals surface area contributed by atoms with Gasteiger partial charge in [-0.3, -0.25) is 10.1 Å². The molecule has 1 N–H and O–H groups in total. The summed E-state index contributed by atoms with van der Waals surface area (Å²) in [7, 11) is 1.68. The van der Waals surface area contributed by atoms with Crippen LogP contribution in [0.2, 0.25) is 0 Å². The molecule has 1 aromatic carbocycles. The zero-order valence-electron chi connectivity index (χ0n) is 13.2. The number of carbonyl (C=O) groups excluding carboxylic acids is 1. The molecule has 2 aliphatic rings. The number of methoxy groups -OCH3 is 1. The van der Waals surface area contributed by atoms with Gasteiger partial charge in [0, 0.05) is 11.6 Å². The van der Waals surface area contributed by atoms with Gasteiger partial charge in [-0.05, 0) is 31.7 Å². The predicted octanol–water partition coefficient (Wildman–Crippen LogP) is 2.70. The first-order valence-corrected chi connectivity index (χ1v) is 7.75. The third kappa shape index (κ3) is 2.22. The van der Waals surface area contributed by atoms with Crippen LogP contribution < -0.4 is 10.1 Å². The van der Waals surface area contributed by atoms with Gasteiger partial charge in [-0.15, -0.1) is 0 Å². The maximum atomic E-state index is 12.9. The van der Waals surface area contributed by atoms with Gasteiger partial charge in [0.05, 0.1) is 12.6 Å². The molecule has 4 unspecified atom stereocenters. The van der Waals surface area contributed by atoms with Gasteiger partial charge in [0.1, 0.15) is 11.9 Å². The molecule has 4 atom stereocenters. The normalized spacial score (nSPS) is 35.1. The van der Waals surface area contributed by atoms with E-state index in [0.29, 0.717) is 12.0 Å². The largest absolute Gasteiger partial charge is 0.496 e. The first kappa shape index (κ1) is 14.4. The first-order chi connectivity index (χ1) is 10.0. The van der Waals surface area contributed by atoms with Crippen LogP contribution in [-0.4, -0.2) is 29.5 Å². The third-order valence-electron chi connectivity index (χ3n) is 5.00. The molecule has 1 aliphatic heterocycles. The summed E-state index contributed by atoms with van der Waals surface area (Å²) < 4.78 is 5.49. The van der Waals surface area contributed by atoms with Gasteiger partial charge in [0.15, 0.2) is 0 Å². The number of nitrogens with one attached hydrogen (secondary N) is 1. The molecule has 4 heteroatoms. The van der Waals surface area contributed by atoms with Crippen molar-refractivity contribution >= 4 is 5.91 Å². The van der Waals surface area contributed by atoms with Crippen LogP contribution in [-0.2, 0) is 4.79 Å². The van der Waals surface area contributed by atoms with Gasteiger partial charge in [-0.2, -0.15) is 0 Å². The summed E-state index contributed by atoms with van der Waals surface area (Å²) in [6.07, 6.45) is 1.79. The summed E-state index contributed by atoms with van der Waals surface area (Å²) in [5, 5.41) is 3.55. The van der Waals surface area contributed by atoms with Crippen molar-refractivity contribution < 1.29 is 9.53 Å². The Kier molecular flexibility index (Phi) is 3.44. The third-order valence-corrected chi connectivity index (χ3v) is 5.00. The highest BCUT2D eigenvalue weighted by molar-refractivity contribution is 5.89. The molecule has 1 aromatic rings. The zero-order chi connectivity index (χ0) is 15.2. The molecule has 0 radical (unpaired) electrons. The van der Waals surface area contributed by atoms with Crippen molar-refractivity contribution in [1.29, 1.82) is 0 Å². The van der Waals surface area contributed by atoms with Crippen LogP contribution in [0.15, 0.2) is 24.3 Å². The van der Waals surface area contributed by atoms with Crippen LogP contribution in [0.25, 0.3) is 0 Å². The predicted molar refractivity (Wildman–Crippen MR) is 82.0 cm³/mol. The second-order valence-electron chi connectivity index (χ2n) is 6.47. The summed E-state index contributed by atoms with van der Waals surface area (Å²) in [6, 6.07) is 8.32. The lowest BCUT2D eigenvalue weighted by Gasteiger charge is -2.26. The Morgan fingerprint density at radius 1 is 1.43 bits per heavy atom. The molecule has 1 saturated carbocycles. The standard InChI is InChI=1S/C17H24N2O2/c1-5-17(3)16(20)19(13-10-11(13)2)15(18-17)12-8-6-7-9-14(12)21-4/h6-9,11,13,15,18H,5,10H2,1-4H3. The molecule has 21 heavy (non-hydrogen) atoms. The van der Waals surface area contributed by atoms with Gasteiger partial charge in [0.25, 0.3) is 0 Å². The van der Waals surface area contributed by atoms with E-state index < -0.39 is 5.54 Å². The Morgan fingerprint density at radius 2 is 2.10 bits per heavy atom. The van der Waals surface area contributed by atoms with Crippen LogP contribution in [0, 0.1) is 5.92 Å². The van der Waals surface area contributed by atoms with Crippen molar-refractivity contribution in [2.24, 2.45) is 5.92 Å². The van der Waals surface area contributed by atoms with Gasteiger partial charge < -0.3 is 9.64 Å². The molecular formula is C17H24N2O2. The maximum Gasteiger partial charge on any atom is 0.244 e. The van der Waals surface area contributed by atoms with Crippen molar-refractivity contribution in [3.63, 3.8) is 0 Å². The van der Waals surface area contributed by atoms with Gasteiger partial charge >= 0.3 is 0 Å². The minimum Gasteiger partial charge on any atom is -0.496 e. The molecule has 4 nitrogen and oxygen atoms in total. The number of carbonyl (C=O) groups is 1. The van der Waals surface area contributed by atoms with E-state index in [-0.39, 0.29) is 12.1 Å². The smallest absolute Gasteiger partial charge is 0.244 e. The number of para-hydroxylation sites is 1. The fraction of sp³-hybridized carbons (Fsp3) is 0.588. The van der Waals surface area contributed by atoms with Crippen LogP contribution in [0.1, 0.15) is 45.3 Å². The lowest BCUT2D eigenvalue weighted by molar-refractivity contribution is -0.133. The minimum absolute atomic E-state index is 0.0893. The quantitative estimate of drug-likeness (QED) is 0.926. The average Bonchev–Trinajstić information content (AvgIpc) is 3.15. The summed E-state index contributed by atoms with van der Waals surface area (Å²) in [6.45, 7) is 6.27. The molecule has 0 bridgehead atoms. The molecule has 1 saturated heterocycles. The monoisotopic (exact) mass is 288 g/mol. The van der Waals surface area contributed by atoms with Crippen molar-refractivity contribution in [2.75, 3.05) is 7.11 Å². The van der Waals surface area contributed by atoms with E-state index in [0.717, 1.165) is 24.2 Å². The van der Waals surface area contributed by atoms with Crippen LogP contribution >= 0.6 is 0 Å². The molecular weight excluding hydrogens is 264 g/mol. The van der Waals surface area contributed by atoms with Crippen LogP contribution in [0.4, 0.5) is 0 Å². The Labute approximate surface area is 126 Å². The molecule has 1 heterocycles. The number of amides is 1. The van der Waals surface area contributed by atoms with Gasteiger partial charge in [0.2, 0.25) is 5.91 Å². The average molecular weight is 288 g/mol. The molecule has 0 aromatic heterocycles. The van der Waals surface area contributed by atoms with E-state index in [1.165, 1.54) is 0 Å². The van der Waals surface area contributed by atoms with Gasteiger partial charge in [-0.25, -0.2) is 0 Å². The van der Waals surface area contributed by atoms with Crippen LogP contribution in [0.3, 0.4) is 0 Å². The Morgan fingerprint density at radius 3 is 2.67 bits per heavy atom. The van der Waals surface area contributed by atoms with E-state index in [9.17, 15) is 4.79 Å². The summed E-state index contributed by atoms with van der Waals surface area (Å²) in [4.78, 5) is 14.9. The van der Waals surface area contributed by atoms with Crippen molar-refractivity contribution in [1.82, 2.24) is 10.2 Å². The molecule has 2 fully saturated rings. The number of benzene rings is 1. The highest BCUT2D eigenvalue weighted by Crippen LogP contribution is 2.45. The minimum atomic E-state index is -0.478. The second-order valence-corrected chi connectivity index (χ2v) is 6.47. The number of ether oxygens (including phenoxy) is 1. The Hall–Kier alpha value is -1.55.